The summed E-state index contributed by atoms with van der Waals surface area (Å²) in [6, 6.07) is 7.36. The van der Waals surface area contributed by atoms with Crippen molar-refractivity contribution in [3.8, 4) is 5.75 Å². The summed E-state index contributed by atoms with van der Waals surface area (Å²) in [6.45, 7) is 3.91. The van der Waals surface area contributed by atoms with Crippen LogP contribution in [0.1, 0.15) is 49.6 Å². The molecule has 1 heterocycles. The minimum atomic E-state index is 0.239. The number of phenols is 1. The fourth-order valence-electron chi connectivity index (χ4n) is 3.10. The molecule has 1 aromatic heterocycles. The SMILES string of the molecule is C/C(=N/NC(=S)NC1CCCCC1)c1sc(Nc2ccc(O)cc2)nc1C. The molecule has 0 saturated heterocycles. The minimum Gasteiger partial charge on any atom is -0.508 e. The molecule has 144 valence electrons. The smallest absolute Gasteiger partial charge is 0.188 e. The number of nitrogens with one attached hydrogen (secondary N) is 3. The Labute approximate surface area is 169 Å². The van der Waals surface area contributed by atoms with Crippen LogP contribution in [0.15, 0.2) is 29.4 Å². The minimum absolute atomic E-state index is 0.239. The number of thiocarbonyl (C=S) groups is 1. The fourth-order valence-corrected chi connectivity index (χ4v) is 4.25. The number of anilines is 2. The molecule has 2 aromatic rings. The average Bonchev–Trinajstić information content (AvgIpc) is 3.03. The van der Waals surface area contributed by atoms with E-state index in [4.69, 9.17) is 12.2 Å². The van der Waals surface area contributed by atoms with E-state index in [-0.39, 0.29) is 5.75 Å². The van der Waals surface area contributed by atoms with Crippen LogP contribution in [-0.4, -0.2) is 27.0 Å². The third kappa shape index (κ3) is 5.64. The number of hydrazone groups is 1. The molecule has 27 heavy (non-hydrogen) atoms. The Bertz CT molecular complexity index is 810. The first kappa shape index (κ1) is 19.6. The van der Waals surface area contributed by atoms with Crippen LogP contribution in [0, 0.1) is 6.92 Å². The van der Waals surface area contributed by atoms with Crippen molar-refractivity contribution in [2.75, 3.05) is 5.32 Å². The van der Waals surface area contributed by atoms with Crippen LogP contribution in [0.5, 0.6) is 5.75 Å². The molecule has 6 nitrogen and oxygen atoms in total. The molecule has 1 fully saturated rings. The third-order valence-electron chi connectivity index (χ3n) is 4.51. The predicted molar refractivity (Wildman–Crippen MR) is 116 cm³/mol. The van der Waals surface area contributed by atoms with Crippen LogP contribution in [0.25, 0.3) is 0 Å². The number of hydrogen-bond donors (Lipinski definition) is 4. The van der Waals surface area contributed by atoms with E-state index in [1.807, 2.05) is 26.0 Å². The highest BCUT2D eigenvalue weighted by Gasteiger charge is 2.14. The molecule has 0 amide bonds. The Hall–Kier alpha value is -2.19. The molecular weight excluding hydrogens is 378 g/mol. The van der Waals surface area contributed by atoms with Gasteiger partial charge in [-0.25, -0.2) is 4.98 Å². The second-order valence-electron chi connectivity index (χ2n) is 6.72. The summed E-state index contributed by atoms with van der Waals surface area (Å²) < 4.78 is 0. The van der Waals surface area contributed by atoms with Crippen LogP contribution in [0.3, 0.4) is 0 Å². The fraction of sp³-hybridized carbons (Fsp3) is 0.421. The average molecular weight is 404 g/mol. The van der Waals surface area contributed by atoms with Gasteiger partial charge in [-0.05, 0) is 63.2 Å². The van der Waals surface area contributed by atoms with Gasteiger partial charge in [0.25, 0.3) is 0 Å². The maximum atomic E-state index is 9.37. The predicted octanol–water partition coefficient (Wildman–Crippen LogP) is 4.42. The van der Waals surface area contributed by atoms with E-state index < -0.39 is 0 Å². The molecule has 0 spiro atoms. The van der Waals surface area contributed by atoms with Gasteiger partial charge >= 0.3 is 0 Å². The Morgan fingerprint density at radius 3 is 2.63 bits per heavy atom. The monoisotopic (exact) mass is 403 g/mol. The Kier molecular flexibility index (Phi) is 6.63. The van der Waals surface area contributed by atoms with Crippen LogP contribution < -0.4 is 16.1 Å². The van der Waals surface area contributed by atoms with Crippen molar-refractivity contribution in [3.05, 3.63) is 34.8 Å². The van der Waals surface area contributed by atoms with Crippen molar-refractivity contribution in [1.82, 2.24) is 15.7 Å². The molecule has 3 rings (SSSR count). The molecule has 1 aromatic carbocycles. The molecule has 0 radical (unpaired) electrons. The highest BCUT2D eigenvalue weighted by Crippen LogP contribution is 2.27. The Morgan fingerprint density at radius 2 is 1.93 bits per heavy atom. The van der Waals surface area contributed by atoms with E-state index in [1.165, 1.54) is 43.4 Å². The summed E-state index contributed by atoms with van der Waals surface area (Å²) >= 11 is 6.90. The van der Waals surface area contributed by atoms with E-state index >= 15 is 0 Å². The van der Waals surface area contributed by atoms with Crippen LogP contribution in [-0.2, 0) is 0 Å². The van der Waals surface area contributed by atoms with E-state index in [0.717, 1.165) is 27.1 Å². The number of thiazole rings is 1. The summed E-state index contributed by atoms with van der Waals surface area (Å²) in [4.78, 5) is 5.56. The number of aromatic nitrogens is 1. The van der Waals surface area contributed by atoms with E-state index in [1.54, 1.807) is 12.1 Å². The molecule has 0 unspecified atom stereocenters. The number of nitrogens with zero attached hydrogens (tertiary/aromatic N) is 2. The van der Waals surface area contributed by atoms with Gasteiger partial charge in [0.05, 0.1) is 16.3 Å². The van der Waals surface area contributed by atoms with Gasteiger partial charge in [-0.1, -0.05) is 30.6 Å². The van der Waals surface area contributed by atoms with Gasteiger partial charge in [0, 0.05) is 11.7 Å². The molecule has 4 N–H and O–H groups in total. The molecule has 1 aliphatic carbocycles. The summed E-state index contributed by atoms with van der Waals surface area (Å²) in [5.74, 6) is 0.239. The number of aromatic hydroxyl groups is 1. The Morgan fingerprint density at radius 1 is 1.22 bits per heavy atom. The lowest BCUT2D eigenvalue weighted by molar-refractivity contribution is 0.412. The summed E-state index contributed by atoms with van der Waals surface area (Å²) in [5, 5.41) is 21.8. The molecule has 1 saturated carbocycles. The first-order valence-corrected chi connectivity index (χ1v) is 10.4. The quantitative estimate of drug-likeness (QED) is 0.256. The second-order valence-corrected chi connectivity index (χ2v) is 8.13. The lowest BCUT2D eigenvalue weighted by atomic mass is 9.96. The van der Waals surface area contributed by atoms with Crippen LogP contribution in [0.4, 0.5) is 10.8 Å². The van der Waals surface area contributed by atoms with Crippen molar-refractivity contribution in [1.29, 1.82) is 0 Å². The lowest BCUT2D eigenvalue weighted by Crippen LogP contribution is -2.41. The zero-order valence-electron chi connectivity index (χ0n) is 15.6. The molecule has 0 bridgehead atoms. The van der Waals surface area contributed by atoms with E-state index in [0.29, 0.717) is 11.2 Å². The topological polar surface area (TPSA) is 81.6 Å². The summed E-state index contributed by atoms with van der Waals surface area (Å²) in [7, 11) is 0. The van der Waals surface area contributed by atoms with Crippen molar-refractivity contribution >= 4 is 45.2 Å². The molecule has 1 aliphatic rings. The van der Waals surface area contributed by atoms with Gasteiger partial charge in [-0.3, -0.25) is 5.43 Å². The molecular formula is C19H25N5OS2. The number of phenolic OH excluding ortho intramolecular Hbond substituents is 1. The number of hydrogen-bond acceptors (Lipinski definition) is 6. The third-order valence-corrected chi connectivity index (χ3v) is 5.90. The van der Waals surface area contributed by atoms with Crippen molar-refractivity contribution < 1.29 is 5.11 Å². The molecule has 8 heteroatoms. The van der Waals surface area contributed by atoms with Crippen molar-refractivity contribution in [2.24, 2.45) is 5.10 Å². The van der Waals surface area contributed by atoms with Gasteiger partial charge in [0.1, 0.15) is 5.75 Å². The van der Waals surface area contributed by atoms with Crippen LogP contribution in [0.2, 0.25) is 0 Å². The number of rotatable bonds is 5. The van der Waals surface area contributed by atoms with E-state index in [2.05, 4.69) is 26.1 Å². The second kappa shape index (κ2) is 9.14. The molecule has 0 atom stereocenters. The van der Waals surface area contributed by atoms with Crippen LogP contribution >= 0.6 is 23.6 Å². The maximum Gasteiger partial charge on any atom is 0.188 e. The summed E-state index contributed by atoms with van der Waals surface area (Å²) in [6.07, 6.45) is 6.19. The zero-order chi connectivity index (χ0) is 19.2. The Balaban J connectivity index is 1.59. The molecule has 0 aliphatic heterocycles. The number of benzene rings is 1. The highest BCUT2D eigenvalue weighted by molar-refractivity contribution is 7.80. The highest BCUT2D eigenvalue weighted by atomic mass is 32.1. The zero-order valence-corrected chi connectivity index (χ0v) is 17.2. The first-order chi connectivity index (χ1) is 13.0. The van der Waals surface area contributed by atoms with Crippen molar-refractivity contribution in [3.63, 3.8) is 0 Å². The van der Waals surface area contributed by atoms with Crippen molar-refractivity contribution in [2.45, 2.75) is 52.0 Å². The van der Waals surface area contributed by atoms with E-state index in [9.17, 15) is 5.11 Å². The normalized spacial score (nSPS) is 15.4. The summed E-state index contributed by atoms with van der Waals surface area (Å²) in [5.41, 5.74) is 5.59. The maximum absolute atomic E-state index is 9.37. The number of aryl methyl sites for hydroxylation is 1. The lowest BCUT2D eigenvalue weighted by Gasteiger charge is -2.23. The van der Waals surface area contributed by atoms with Gasteiger partial charge in [-0.2, -0.15) is 5.10 Å². The van der Waals surface area contributed by atoms with Gasteiger partial charge < -0.3 is 15.7 Å². The standard InChI is InChI=1S/C19H25N5OS2/c1-12-17(27-19(20-12)22-15-8-10-16(25)11-9-15)13(2)23-24-18(26)21-14-6-4-3-5-7-14/h8-11,14,25H,3-7H2,1-2H3,(H,20,22)(H2,21,24,26)/b23-13-. The largest absolute Gasteiger partial charge is 0.508 e. The van der Waals surface area contributed by atoms with Gasteiger partial charge in [-0.15, -0.1) is 0 Å². The first-order valence-electron chi connectivity index (χ1n) is 9.16. The van der Waals surface area contributed by atoms with Gasteiger partial charge in [0.15, 0.2) is 10.2 Å². The van der Waals surface area contributed by atoms with Gasteiger partial charge in [0.2, 0.25) is 0 Å².